The minimum atomic E-state index is -0.499. The van der Waals surface area contributed by atoms with E-state index in [4.69, 9.17) is 28.4 Å². The molecular weight excluding hydrogens is 759 g/mol. The monoisotopic (exact) mass is 808 g/mol. The van der Waals surface area contributed by atoms with E-state index < -0.39 is 36.1 Å². The van der Waals surface area contributed by atoms with Crippen LogP contribution in [0, 0.1) is 0 Å². The summed E-state index contributed by atoms with van der Waals surface area (Å²) in [5.74, 6) is 0. The molecule has 1 saturated heterocycles. The molecule has 2 fully saturated rings. The molecule has 1 saturated carbocycles. The van der Waals surface area contributed by atoms with Crippen molar-refractivity contribution in [1.29, 1.82) is 0 Å². The first-order valence-electron chi connectivity index (χ1n) is 17.9. The van der Waals surface area contributed by atoms with Crippen LogP contribution in [0.3, 0.4) is 0 Å². The third-order valence-corrected chi connectivity index (χ3v) is 10.8. The normalized spacial score (nSPS) is 24.1. The molecule has 0 N–H and O–H groups in total. The van der Waals surface area contributed by atoms with Crippen LogP contribution in [0.4, 0.5) is 0 Å². The topological polar surface area (TPSA) is 55.4 Å². The molecule has 0 aromatic heterocycles. The number of rotatable bonds is 17. The predicted octanol–water partition coefficient (Wildman–Crippen LogP) is 9.78. The van der Waals surface area contributed by atoms with E-state index in [1.165, 1.54) is 19.3 Å². The molecule has 2 aliphatic rings. The van der Waals surface area contributed by atoms with E-state index in [2.05, 4.69) is 90.2 Å². The van der Waals surface area contributed by atoms with Crippen molar-refractivity contribution in [2.45, 2.75) is 110 Å². The Balaban J connectivity index is 1.33. The fraction of sp³-hybridized carbons (Fsp3) is 0.429. The Bertz CT molecular complexity index is 1490. The van der Waals surface area contributed by atoms with Gasteiger partial charge in [0.05, 0.1) is 36.5 Å². The van der Waals surface area contributed by atoms with Crippen LogP contribution in [0.1, 0.15) is 55.7 Å². The van der Waals surface area contributed by atoms with Crippen molar-refractivity contribution in [3.63, 3.8) is 0 Å². The zero-order chi connectivity index (χ0) is 34.4. The van der Waals surface area contributed by atoms with Crippen molar-refractivity contribution < 1.29 is 28.4 Å². The Morgan fingerprint density at radius 2 is 1.16 bits per heavy atom. The molecule has 0 amide bonds. The molecule has 4 aromatic carbocycles. The van der Waals surface area contributed by atoms with Crippen molar-refractivity contribution >= 4 is 34.4 Å². The van der Waals surface area contributed by atoms with Crippen LogP contribution in [0.5, 0.6) is 0 Å². The van der Waals surface area contributed by atoms with Crippen LogP contribution in [-0.2, 0) is 48.2 Å². The fourth-order valence-electron chi connectivity index (χ4n) is 6.47. The maximum absolute atomic E-state index is 7.12. The van der Waals surface area contributed by atoms with Crippen molar-refractivity contribution in [3.05, 3.63) is 138 Å². The van der Waals surface area contributed by atoms with Crippen LogP contribution in [-0.4, -0.2) is 52.8 Å². The van der Waals surface area contributed by atoms with E-state index in [9.17, 15) is 0 Å². The maximum atomic E-state index is 7.12. The zero-order valence-electron chi connectivity index (χ0n) is 28.8. The molecule has 50 heavy (non-hydrogen) atoms. The molecule has 1 heterocycles. The van der Waals surface area contributed by atoms with E-state index in [0.717, 1.165) is 34.4 Å². The van der Waals surface area contributed by atoms with Gasteiger partial charge in [-0.25, -0.2) is 0 Å². The summed E-state index contributed by atoms with van der Waals surface area (Å²) in [4.78, 5) is 1.09. The van der Waals surface area contributed by atoms with Gasteiger partial charge in [-0.1, -0.05) is 163 Å². The van der Waals surface area contributed by atoms with Crippen LogP contribution in [0.15, 0.2) is 126 Å². The van der Waals surface area contributed by atoms with Gasteiger partial charge >= 0.3 is 0 Å². The Hall–Kier alpha value is -2.28. The summed E-state index contributed by atoms with van der Waals surface area (Å²) >= 11 is 4.08. The zero-order valence-corrected chi connectivity index (χ0v) is 31.7. The molecule has 0 radical (unpaired) electrons. The molecule has 7 atom stereocenters. The number of thioether (sulfide) groups is 1. The summed E-state index contributed by atoms with van der Waals surface area (Å²) in [7, 11) is 0. The maximum Gasteiger partial charge on any atom is 0.170 e. The average Bonchev–Trinajstić information content (AvgIpc) is 3.16. The largest absolute Gasteiger partial charge is 0.374 e. The highest BCUT2D eigenvalue weighted by Crippen LogP contribution is 2.39. The van der Waals surface area contributed by atoms with Gasteiger partial charge in [0.1, 0.15) is 29.9 Å². The van der Waals surface area contributed by atoms with Gasteiger partial charge in [-0.15, -0.1) is 0 Å². The van der Waals surface area contributed by atoms with E-state index in [0.29, 0.717) is 26.4 Å². The van der Waals surface area contributed by atoms with Gasteiger partial charge in [-0.3, -0.25) is 0 Å². The first-order valence-corrected chi connectivity index (χ1v) is 20.0. The van der Waals surface area contributed by atoms with E-state index >= 15 is 0 Å². The SMILES string of the molecule is CC(I)C(OC1CCCCC1)O[C@H]1[C@@H](OCc2ccccc2)[C@H](OCc2ccccc2)[C@@H](COCc2ccccc2)O[C@@H]1Sc1ccccc1. The molecule has 4 aromatic rings. The third kappa shape index (κ3) is 11.4. The van der Waals surface area contributed by atoms with Crippen molar-refractivity contribution in [2.24, 2.45) is 0 Å². The average molecular weight is 809 g/mol. The predicted molar refractivity (Wildman–Crippen MR) is 207 cm³/mol. The fourth-order valence-corrected chi connectivity index (χ4v) is 7.94. The van der Waals surface area contributed by atoms with Crippen LogP contribution >= 0.6 is 34.4 Å². The highest BCUT2D eigenvalue weighted by atomic mass is 127. The number of ether oxygens (including phenoxy) is 6. The molecule has 6 nitrogen and oxygen atoms in total. The second-order valence-electron chi connectivity index (χ2n) is 13.0. The first kappa shape index (κ1) is 37.5. The minimum absolute atomic E-state index is 0.0993. The van der Waals surface area contributed by atoms with Crippen LogP contribution in [0.2, 0.25) is 0 Å². The molecule has 0 spiro atoms. The van der Waals surface area contributed by atoms with E-state index in [-0.39, 0.29) is 10.0 Å². The molecule has 2 unspecified atom stereocenters. The van der Waals surface area contributed by atoms with Gasteiger partial charge < -0.3 is 28.4 Å². The van der Waals surface area contributed by atoms with Gasteiger partial charge in [0.2, 0.25) is 0 Å². The molecule has 6 rings (SSSR count). The van der Waals surface area contributed by atoms with E-state index in [1.54, 1.807) is 11.8 Å². The van der Waals surface area contributed by atoms with Gasteiger partial charge in [0.25, 0.3) is 0 Å². The van der Waals surface area contributed by atoms with Crippen LogP contribution in [0.25, 0.3) is 0 Å². The second-order valence-corrected chi connectivity index (χ2v) is 16.2. The Labute approximate surface area is 315 Å². The molecule has 0 bridgehead atoms. The lowest BCUT2D eigenvalue weighted by Gasteiger charge is -2.47. The highest BCUT2D eigenvalue weighted by molar-refractivity contribution is 14.1. The van der Waals surface area contributed by atoms with Gasteiger partial charge in [0.15, 0.2) is 6.29 Å². The molecule has 1 aliphatic heterocycles. The van der Waals surface area contributed by atoms with Crippen molar-refractivity contribution in [3.8, 4) is 0 Å². The van der Waals surface area contributed by atoms with Crippen molar-refractivity contribution in [2.75, 3.05) is 6.61 Å². The molecular formula is C42H49IO6S. The highest BCUT2D eigenvalue weighted by Gasteiger charge is 2.50. The van der Waals surface area contributed by atoms with Crippen molar-refractivity contribution in [1.82, 2.24) is 0 Å². The lowest BCUT2D eigenvalue weighted by atomic mass is 9.97. The molecule has 266 valence electrons. The number of alkyl halides is 1. The Morgan fingerprint density at radius 1 is 0.640 bits per heavy atom. The number of hydrogen-bond donors (Lipinski definition) is 0. The van der Waals surface area contributed by atoms with E-state index in [1.807, 2.05) is 60.7 Å². The number of benzene rings is 4. The molecule has 1 aliphatic carbocycles. The van der Waals surface area contributed by atoms with Gasteiger partial charge in [-0.05, 0) is 48.6 Å². The summed E-state index contributed by atoms with van der Waals surface area (Å²) in [6.45, 7) is 3.78. The first-order chi connectivity index (χ1) is 24.6. The lowest BCUT2D eigenvalue weighted by molar-refractivity contribution is -0.289. The second kappa shape index (κ2) is 20.1. The standard InChI is InChI=1S/C42H49IO6S/c1-31(43)41(47-35-23-13-5-14-24-35)49-40-39(46-29-34-21-11-4-12-22-34)38(45-28-33-19-9-3-10-20-33)37(30-44-27-32-17-7-2-8-18-32)48-42(40)50-36-25-15-6-16-26-36/h2-4,6-12,15-22,25-26,31,35,37-42H,5,13-14,23-24,27-30H2,1H3/t31?,37-,38-,39+,40+,41?,42-/m1/s1. The summed E-state index contributed by atoms with van der Waals surface area (Å²) in [6.07, 6.45) is 3.64. The summed E-state index contributed by atoms with van der Waals surface area (Å²) in [5.41, 5.74) is 2.86. The number of halogens is 1. The summed E-state index contributed by atoms with van der Waals surface area (Å²) < 4.78 is 41.2. The molecule has 8 heteroatoms. The minimum Gasteiger partial charge on any atom is -0.374 e. The Kier molecular flexibility index (Phi) is 15.1. The summed E-state index contributed by atoms with van der Waals surface area (Å²) in [5, 5.41) is 0. The smallest absolute Gasteiger partial charge is 0.170 e. The summed E-state index contributed by atoms with van der Waals surface area (Å²) in [6, 6.07) is 41.1. The third-order valence-electron chi connectivity index (χ3n) is 9.10. The quantitative estimate of drug-likeness (QED) is 0.0599. The lowest BCUT2D eigenvalue weighted by Crippen LogP contribution is -2.61. The number of hydrogen-bond acceptors (Lipinski definition) is 7. The van der Waals surface area contributed by atoms with Gasteiger partial charge in [-0.2, -0.15) is 0 Å². The van der Waals surface area contributed by atoms with Crippen LogP contribution < -0.4 is 0 Å². The van der Waals surface area contributed by atoms with Gasteiger partial charge in [0, 0.05) is 4.90 Å². The Morgan fingerprint density at radius 3 is 1.72 bits per heavy atom.